The van der Waals surface area contributed by atoms with Crippen molar-refractivity contribution in [1.29, 1.82) is 5.26 Å². The molecule has 0 aliphatic rings. The third-order valence-corrected chi connectivity index (χ3v) is 4.62. The van der Waals surface area contributed by atoms with Gasteiger partial charge < -0.3 is 0 Å². The van der Waals surface area contributed by atoms with Crippen molar-refractivity contribution in [3.8, 4) is 17.2 Å². The number of benzene rings is 1. The van der Waals surface area contributed by atoms with E-state index in [0.717, 1.165) is 22.1 Å². The minimum Gasteiger partial charge on any atom is -0.283 e. The molecule has 1 N–H and O–H groups in total. The van der Waals surface area contributed by atoms with E-state index in [9.17, 15) is 5.26 Å². The fraction of sp³-hybridized carbons (Fsp3) is 0.0556. The maximum atomic E-state index is 9.91. The van der Waals surface area contributed by atoms with E-state index >= 15 is 0 Å². The van der Waals surface area contributed by atoms with E-state index in [0.29, 0.717) is 27.3 Å². The van der Waals surface area contributed by atoms with Gasteiger partial charge >= 0.3 is 0 Å². The zero-order valence-electron chi connectivity index (χ0n) is 13.6. The highest BCUT2D eigenvalue weighted by Crippen LogP contribution is 2.35. The summed E-state index contributed by atoms with van der Waals surface area (Å²) in [6.07, 6.45) is 5.09. The number of H-pyrrole nitrogens is 1. The second-order valence-corrected chi connectivity index (χ2v) is 6.40. The molecule has 4 aromatic heterocycles. The Balaban J connectivity index is 2.12. The summed E-state index contributed by atoms with van der Waals surface area (Å²) < 4.78 is 3.84. The fourth-order valence-corrected chi connectivity index (χ4v) is 3.47. The summed E-state index contributed by atoms with van der Waals surface area (Å²) in [5.74, 6) is 0. The van der Waals surface area contributed by atoms with Crippen LogP contribution < -0.4 is 0 Å². The molecule has 7 nitrogen and oxygen atoms in total. The van der Waals surface area contributed by atoms with Gasteiger partial charge in [-0.25, -0.2) is 14.5 Å². The maximum Gasteiger partial charge on any atom is 0.214 e. The first kappa shape index (κ1) is 14.7. The molecular weight excluding hydrogens is 346 g/mol. The van der Waals surface area contributed by atoms with Crippen molar-refractivity contribution in [2.24, 2.45) is 0 Å². The monoisotopic (exact) mass is 357 g/mol. The third-order valence-electron chi connectivity index (χ3n) is 4.44. The number of nitriles is 1. The highest BCUT2D eigenvalue weighted by molar-refractivity contribution is 7.71. The highest BCUT2D eigenvalue weighted by atomic mass is 32.1. The Kier molecular flexibility index (Phi) is 2.96. The molecule has 5 rings (SSSR count). The summed E-state index contributed by atoms with van der Waals surface area (Å²) in [6, 6.07) is 10.3. The van der Waals surface area contributed by atoms with Crippen LogP contribution in [0.1, 0.15) is 11.1 Å². The molecule has 0 unspecified atom stereocenters. The molecule has 0 bridgehead atoms. The van der Waals surface area contributed by atoms with Crippen LogP contribution in [0, 0.1) is 23.0 Å². The Morgan fingerprint density at radius 2 is 1.92 bits per heavy atom. The largest absolute Gasteiger partial charge is 0.283 e. The SMILES string of the molecule is Cc1ccc(-c2c(C#N)c3nccn3c3ncn4[nH]c(=S)nc4c23)cc1. The van der Waals surface area contributed by atoms with E-state index in [2.05, 4.69) is 26.1 Å². The number of aryl methyl sites for hydroxylation is 1. The van der Waals surface area contributed by atoms with Crippen molar-refractivity contribution in [2.75, 3.05) is 0 Å². The summed E-state index contributed by atoms with van der Waals surface area (Å²) in [6.45, 7) is 2.03. The van der Waals surface area contributed by atoms with Crippen LogP contribution in [0.4, 0.5) is 0 Å². The molecule has 1 aromatic carbocycles. The topological polar surface area (TPSA) is 87.1 Å². The number of nitrogens with one attached hydrogen (secondary N) is 1. The van der Waals surface area contributed by atoms with Gasteiger partial charge in [-0.15, -0.1) is 0 Å². The number of fused-ring (bicyclic) bond motifs is 5. The molecule has 0 saturated carbocycles. The Hall–Kier alpha value is -3.57. The van der Waals surface area contributed by atoms with Crippen LogP contribution in [-0.4, -0.2) is 29.0 Å². The quantitative estimate of drug-likeness (QED) is 0.464. The first-order chi connectivity index (χ1) is 12.7. The van der Waals surface area contributed by atoms with Crippen molar-refractivity contribution in [3.63, 3.8) is 0 Å². The number of rotatable bonds is 1. The van der Waals surface area contributed by atoms with Crippen LogP contribution in [0.5, 0.6) is 0 Å². The minimum absolute atomic E-state index is 0.360. The molecule has 0 aliphatic heterocycles. The standard InChI is InChI=1S/C18H11N7S/c1-10-2-4-11(5-3-10)13-12(8-19)15-20-6-7-24(15)16-14(13)17-22-18(26)23-25(17)9-21-16/h2-7,9H,1H3,(H,23,26). The average molecular weight is 357 g/mol. The summed E-state index contributed by atoms with van der Waals surface area (Å²) in [5.41, 5.74) is 5.16. The van der Waals surface area contributed by atoms with Crippen molar-refractivity contribution in [1.82, 2.24) is 29.0 Å². The molecule has 0 atom stereocenters. The van der Waals surface area contributed by atoms with Gasteiger partial charge in [0.15, 0.2) is 16.9 Å². The van der Waals surface area contributed by atoms with Crippen molar-refractivity contribution < 1.29 is 0 Å². The average Bonchev–Trinajstić information content (AvgIpc) is 3.26. The normalized spacial score (nSPS) is 11.4. The first-order valence-electron chi connectivity index (χ1n) is 7.90. The molecule has 26 heavy (non-hydrogen) atoms. The molecule has 4 heterocycles. The Bertz CT molecular complexity index is 1410. The van der Waals surface area contributed by atoms with Gasteiger partial charge in [-0.2, -0.15) is 10.2 Å². The predicted octanol–water partition coefficient (Wildman–Crippen LogP) is 3.43. The third kappa shape index (κ3) is 1.92. The fourth-order valence-electron chi connectivity index (χ4n) is 3.29. The molecule has 5 aromatic rings. The molecule has 0 amide bonds. The van der Waals surface area contributed by atoms with Crippen molar-refractivity contribution >= 4 is 34.5 Å². The lowest BCUT2D eigenvalue weighted by atomic mass is 9.97. The number of hydrogen-bond donors (Lipinski definition) is 1. The summed E-state index contributed by atoms with van der Waals surface area (Å²) >= 11 is 5.19. The number of imidazole rings is 1. The molecule has 0 radical (unpaired) electrons. The van der Waals surface area contributed by atoms with Gasteiger partial charge in [-0.05, 0) is 24.7 Å². The van der Waals surface area contributed by atoms with E-state index < -0.39 is 0 Å². The van der Waals surface area contributed by atoms with E-state index in [1.807, 2.05) is 35.6 Å². The van der Waals surface area contributed by atoms with Gasteiger partial charge in [-0.1, -0.05) is 29.8 Å². The predicted molar refractivity (Wildman–Crippen MR) is 99.3 cm³/mol. The van der Waals surface area contributed by atoms with Crippen LogP contribution in [0.2, 0.25) is 0 Å². The van der Waals surface area contributed by atoms with Gasteiger partial charge in [0.1, 0.15) is 18.0 Å². The lowest BCUT2D eigenvalue weighted by Gasteiger charge is -2.12. The number of nitrogens with zero attached hydrogens (tertiary/aromatic N) is 6. The van der Waals surface area contributed by atoms with Crippen LogP contribution in [-0.2, 0) is 0 Å². The van der Waals surface area contributed by atoms with Gasteiger partial charge in [-0.3, -0.25) is 9.50 Å². The zero-order valence-corrected chi connectivity index (χ0v) is 14.4. The molecular formula is C18H11N7S. The van der Waals surface area contributed by atoms with Gasteiger partial charge in [0, 0.05) is 18.0 Å². The summed E-state index contributed by atoms with van der Waals surface area (Å²) in [4.78, 5) is 13.4. The van der Waals surface area contributed by atoms with E-state index in [1.165, 1.54) is 0 Å². The first-order valence-corrected chi connectivity index (χ1v) is 8.31. The van der Waals surface area contributed by atoms with Crippen LogP contribution >= 0.6 is 12.2 Å². The van der Waals surface area contributed by atoms with Gasteiger partial charge in [0.05, 0.1) is 5.39 Å². The van der Waals surface area contributed by atoms with E-state index in [1.54, 1.807) is 23.2 Å². The smallest absolute Gasteiger partial charge is 0.214 e. The van der Waals surface area contributed by atoms with Crippen molar-refractivity contribution in [2.45, 2.75) is 6.92 Å². The second kappa shape index (κ2) is 5.21. The summed E-state index contributed by atoms with van der Waals surface area (Å²) in [5, 5.41) is 13.6. The summed E-state index contributed by atoms with van der Waals surface area (Å²) in [7, 11) is 0. The molecule has 0 spiro atoms. The molecule has 0 saturated heterocycles. The van der Waals surface area contributed by atoms with Crippen LogP contribution in [0.25, 0.3) is 33.5 Å². The molecule has 8 heteroatoms. The lowest BCUT2D eigenvalue weighted by molar-refractivity contribution is 0.921. The molecule has 0 fully saturated rings. The number of aromatic amines is 1. The maximum absolute atomic E-state index is 9.91. The Labute approximate surface area is 152 Å². The molecule has 0 aliphatic carbocycles. The van der Waals surface area contributed by atoms with E-state index in [4.69, 9.17) is 12.2 Å². The van der Waals surface area contributed by atoms with Gasteiger partial charge in [0.25, 0.3) is 0 Å². The lowest BCUT2D eigenvalue weighted by Crippen LogP contribution is -2.02. The molecule has 124 valence electrons. The van der Waals surface area contributed by atoms with E-state index in [-0.39, 0.29) is 0 Å². The second-order valence-electron chi connectivity index (χ2n) is 6.01. The number of hydrogen-bond acceptors (Lipinski definition) is 5. The highest BCUT2D eigenvalue weighted by Gasteiger charge is 2.21. The van der Waals surface area contributed by atoms with Crippen LogP contribution in [0.3, 0.4) is 0 Å². The van der Waals surface area contributed by atoms with Crippen molar-refractivity contribution in [3.05, 3.63) is 58.9 Å². The minimum atomic E-state index is 0.360. The van der Waals surface area contributed by atoms with Crippen LogP contribution in [0.15, 0.2) is 43.0 Å². The zero-order chi connectivity index (χ0) is 17.8. The Morgan fingerprint density at radius 3 is 2.69 bits per heavy atom. The number of pyridine rings is 1. The Morgan fingerprint density at radius 1 is 1.12 bits per heavy atom. The number of aromatic nitrogens is 6. The van der Waals surface area contributed by atoms with Gasteiger partial charge in [0.2, 0.25) is 4.77 Å².